The Kier molecular flexibility index (Phi) is 8.01. The number of nitrogens with one attached hydrogen (secondary N) is 1. The van der Waals surface area contributed by atoms with Crippen LogP contribution in [-0.4, -0.2) is 25.3 Å². The lowest BCUT2D eigenvalue weighted by Crippen LogP contribution is -2.40. The van der Waals surface area contributed by atoms with Crippen LogP contribution in [0.1, 0.15) is 72.6 Å². The van der Waals surface area contributed by atoms with E-state index < -0.39 is 0 Å². The zero-order chi connectivity index (χ0) is 14.3. The Hall–Kier alpha value is -0.0800. The van der Waals surface area contributed by atoms with E-state index in [2.05, 4.69) is 40.1 Å². The van der Waals surface area contributed by atoms with Gasteiger partial charge in [0.2, 0.25) is 0 Å². The predicted octanol–water partition coefficient (Wildman–Crippen LogP) is 4.38. The molecule has 1 aliphatic heterocycles. The SMILES string of the molecule is CCCCCCCCC(NC)C1C(C)OC(C)C1C. The molecule has 1 rings (SSSR count). The first kappa shape index (κ1) is 17.0. The monoisotopic (exact) mass is 269 g/mol. The maximum Gasteiger partial charge on any atom is 0.0597 e. The van der Waals surface area contributed by atoms with Gasteiger partial charge in [-0.2, -0.15) is 0 Å². The summed E-state index contributed by atoms with van der Waals surface area (Å²) >= 11 is 0. The lowest BCUT2D eigenvalue weighted by atomic mass is 9.81. The van der Waals surface area contributed by atoms with Gasteiger partial charge in [0.1, 0.15) is 0 Å². The Morgan fingerprint density at radius 3 is 2.11 bits per heavy atom. The van der Waals surface area contributed by atoms with Gasteiger partial charge in [-0.15, -0.1) is 0 Å². The molecule has 114 valence electrons. The molecule has 2 nitrogen and oxygen atoms in total. The van der Waals surface area contributed by atoms with Crippen molar-refractivity contribution in [3.05, 3.63) is 0 Å². The van der Waals surface area contributed by atoms with Crippen LogP contribution in [0.3, 0.4) is 0 Å². The molecule has 0 aliphatic carbocycles. The molecule has 0 aromatic carbocycles. The maximum absolute atomic E-state index is 5.99. The largest absolute Gasteiger partial charge is 0.375 e. The Morgan fingerprint density at radius 1 is 0.947 bits per heavy atom. The van der Waals surface area contributed by atoms with Gasteiger partial charge in [-0.05, 0) is 33.2 Å². The van der Waals surface area contributed by atoms with Gasteiger partial charge < -0.3 is 10.1 Å². The average molecular weight is 269 g/mol. The fourth-order valence-corrected chi connectivity index (χ4v) is 3.66. The van der Waals surface area contributed by atoms with E-state index in [4.69, 9.17) is 4.74 Å². The van der Waals surface area contributed by atoms with Crippen molar-refractivity contribution < 1.29 is 4.74 Å². The van der Waals surface area contributed by atoms with Gasteiger partial charge in [0.05, 0.1) is 12.2 Å². The molecule has 0 bridgehead atoms. The molecule has 0 saturated carbocycles. The van der Waals surface area contributed by atoms with Crippen LogP contribution in [0.2, 0.25) is 0 Å². The molecular formula is C17H35NO. The van der Waals surface area contributed by atoms with Crippen molar-refractivity contribution in [2.75, 3.05) is 7.05 Å². The number of ether oxygens (including phenoxy) is 1. The summed E-state index contributed by atoms with van der Waals surface area (Å²) in [5, 5.41) is 3.55. The number of rotatable bonds is 9. The van der Waals surface area contributed by atoms with Crippen molar-refractivity contribution in [2.24, 2.45) is 11.8 Å². The summed E-state index contributed by atoms with van der Waals surface area (Å²) in [5.41, 5.74) is 0. The first-order chi connectivity index (χ1) is 9.11. The third-order valence-corrected chi connectivity index (χ3v) is 5.02. The van der Waals surface area contributed by atoms with Crippen LogP contribution in [0.25, 0.3) is 0 Å². The lowest BCUT2D eigenvalue weighted by molar-refractivity contribution is 0.0474. The van der Waals surface area contributed by atoms with E-state index in [1.807, 2.05) is 0 Å². The van der Waals surface area contributed by atoms with Crippen molar-refractivity contribution in [1.29, 1.82) is 0 Å². The normalized spacial score (nSPS) is 32.7. The zero-order valence-electron chi connectivity index (χ0n) is 13.7. The molecule has 19 heavy (non-hydrogen) atoms. The van der Waals surface area contributed by atoms with Crippen molar-refractivity contribution in [3.63, 3.8) is 0 Å². The molecule has 0 radical (unpaired) electrons. The van der Waals surface area contributed by atoms with Gasteiger partial charge in [0.15, 0.2) is 0 Å². The van der Waals surface area contributed by atoms with Gasteiger partial charge in [0.25, 0.3) is 0 Å². The molecule has 0 amide bonds. The highest BCUT2D eigenvalue weighted by Gasteiger charge is 2.40. The van der Waals surface area contributed by atoms with Crippen LogP contribution < -0.4 is 5.32 Å². The van der Waals surface area contributed by atoms with E-state index >= 15 is 0 Å². The summed E-state index contributed by atoms with van der Waals surface area (Å²) in [4.78, 5) is 0. The standard InChI is InChI=1S/C17H35NO/c1-6-7-8-9-10-11-12-16(18-5)17-13(2)14(3)19-15(17)4/h13-18H,6-12H2,1-5H3. The minimum absolute atomic E-state index is 0.405. The van der Waals surface area contributed by atoms with Gasteiger partial charge in [-0.1, -0.05) is 52.4 Å². The van der Waals surface area contributed by atoms with Crippen molar-refractivity contribution in [3.8, 4) is 0 Å². The second-order valence-electron chi connectivity index (χ2n) is 6.43. The smallest absolute Gasteiger partial charge is 0.0597 e. The predicted molar refractivity (Wildman–Crippen MR) is 83.5 cm³/mol. The van der Waals surface area contributed by atoms with E-state index in [1.54, 1.807) is 0 Å². The fourth-order valence-electron chi connectivity index (χ4n) is 3.66. The van der Waals surface area contributed by atoms with Gasteiger partial charge in [-0.25, -0.2) is 0 Å². The Labute approximate surface area is 120 Å². The Bertz CT molecular complexity index is 231. The van der Waals surface area contributed by atoms with Crippen molar-refractivity contribution in [2.45, 2.75) is 90.9 Å². The van der Waals surface area contributed by atoms with E-state index in [1.165, 1.54) is 44.9 Å². The second kappa shape index (κ2) is 8.97. The first-order valence-corrected chi connectivity index (χ1v) is 8.44. The number of hydrogen-bond donors (Lipinski definition) is 1. The second-order valence-corrected chi connectivity index (χ2v) is 6.43. The van der Waals surface area contributed by atoms with Crippen molar-refractivity contribution >= 4 is 0 Å². The first-order valence-electron chi connectivity index (χ1n) is 8.44. The number of unbranched alkanes of at least 4 members (excludes halogenated alkanes) is 5. The lowest BCUT2D eigenvalue weighted by Gasteiger charge is -2.28. The molecule has 1 saturated heterocycles. The fraction of sp³-hybridized carbons (Fsp3) is 1.00. The third kappa shape index (κ3) is 5.07. The van der Waals surface area contributed by atoms with E-state index in [-0.39, 0.29) is 0 Å². The van der Waals surface area contributed by atoms with Crippen LogP contribution in [0, 0.1) is 11.8 Å². The highest BCUT2D eigenvalue weighted by Crippen LogP contribution is 2.35. The molecule has 5 atom stereocenters. The van der Waals surface area contributed by atoms with E-state index in [0.29, 0.717) is 30.1 Å². The molecule has 0 spiro atoms. The van der Waals surface area contributed by atoms with Crippen LogP contribution in [0.4, 0.5) is 0 Å². The summed E-state index contributed by atoms with van der Waals surface area (Å²) in [7, 11) is 2.12. The average Bonchev–Trinajstić information content (AvgIpc) is 2.64. The van der Waals surface area contributed by atoms with Gasteiger partial charge in [-0.3, -0.25) is 0 Å². The van der Waals surface area contributed by atoms with Gasteiger partial charge in [0, 0.05) is 12.0 Å². The highest BCUT2D eigenvalue weighted by atomic mass is 16.5. The topological polar surface area (TPSA) is 21.3 Å². The summed E-state index contributed by atoms with van der Waals surface area (Å²) in [6, 6.07) is 0.626. The van der Waals surface area contributed by atoms with Gasteiger partial charge >= 0.3 is 0 Å². The molecule has 1 aliphatic rings. The molecule has 0 aromatic heterocycles. The number of hydrogen-bond acceptors (Lipinski definition) is 2. The Balaban J connectivity index is 2.29. The van der Waals surface area contributed by atoms with Crippen LogP contribution in [-0.2, 0) is 4.74 Å². The molecule has 1 heterocycles. The van der Waals surface area contributed by atoms with E-state index in [0.717, 1.165) is 0 Å². The summed E-state index contributed by atoms with van der Waals surface area (Å²) in [5.74, 6) is 1.35. The molecule has 1 fully saturated rings. The molecule has 1 N–H and O–H groups in total. The molecule has 0 aromatic rings. The zero-order valence-corrected chi connectivity index (χ0v) is 13.7. The molecule has 5 unspecified atom stereocenters. The van der Waals surface area contributed by atoms with E-state index in [9.17, 15) is 0 Å². The molecular weight excluding hydrogens is 234 g/mol. The Morgan fingerprint density at radius 2 is 1.58 bits per heavy atom. The summed E-state index contributed by atoms with van der Waals surface area (Å²) in [6.45, 7) is 9.10. The van der Waals surface area contributed by atoms with Crippen LogP contribution >= 0.6 is 0 Å². The summed E-state index contributed by atoms with van der Waals surface area (Å²) in [6.07, 6.45) is 10.4. The summed E-state index contributed by atoms with van der Waals surface area (Å²) < 4.78 is 5.99. The minimum atomic E-state index is 0.405. The highest BCUT2D eigenvalue weighted by molar-refractivity contribution is 4.91. The maximum atomic E-state index is 5.99. The third-order valence-electron chi connectivity index (χ3n) is 5.02. The quantitative estimate of drug-likeness (QED) is 0.627. The molecule has 2 heteroatoms. The van der Waals surface area contributed by atoms with Crippen molar-refractivity contribution in [1.82, 2.24) is 5.32 Å². The van der Waals surface area contributed by atoms with Crippen LogP contribution in [0.15, 0.2) is 0 Å². The van der Waals surface area contributed by atoms with Crippen LogP contribution in [0.5, 0.6) is 0 Å². The minimum Gasteiger partial charge on any atom is -0.375 e.